The quantitative estimate of drug-likeness (QED) is 0.363. The summed E-state index contributed by atoms with van der Waals surface area (Å²) in [5.41, 5.74) is 3.81. The molecule has 0 aliphatic carbocycles. The highest BCUT2D eigenvalue weighted by Gasteiger charge is 2.33. The van der Waals surface area contributed by atoms with Gasteiger partial charge in [-0.25, -0.2) is 0 Å². The molecule has 7 heteroatoms. The van der Waals surface area contributed by atoms with Crippen LogP contribution < -0.4 is 10.2 Å². The van der Waals surface area contributed by atoms with Crippen LogP contribution in [0.25, 0.3) is 16.5 Å². The lowest BCUT2D eigenvalue weighted by atomic mass is 10.1. The van der Waals surface area contributed by atoms with E-state index >= 15 is 0 Å². The van der Waals surface area contributed by atoms with Gasteiger partial charge in [-0.2, -0.15) is 0 Å². The van der Waals surface area contributed by atoms with Crippen LogP contribution >= 0.6 is 23.2 Å². The van der Waals surface area contributed by atoms with Crippen molar-refractivity contribution >= 4 is 62.9 Å². The summed E-state index contributed by atoms with van der Waals surface area (Å²) < 4.78 is 0. The lowest BCUT2D eigenvalue weighted by Gasteiger charge is -2.18. The van der Waals surface area contributed by atoms with Crippen molar-refractivity contribution in [1.29, 1.82) is 0 Å². The van der Waals surface area contributed by atoms with Gasteiger partial charge in [-0.05, 0) is 42.5 Å². The molecular weight excluding hydrogens is 457 g/mol. The van der Waals surface area contributed by atoms with Crippen molar-refractivity contribution in [2.45, 2.75) is 6.54 Å². The minimum Gasteiger partial charge on any atom is -0.322 e. The summed E-state index contributed by atoms with van der Waals surface area (Å²) in [6.07, 6.45) is 3.05. The van der Waals surface area contributed by atoms with E-state index in [-0.39, 0.29) is 12.5 Å². The molecule has 0 radical (unpaired) electrons. The fraction of sp³-hybridized carbons (Fsp3) is 0.0385. The molecule has 2 heterocycles. The molecule has 3 aromatic carbocycles. The van der Waals surface area contributed by atoms with Crippen LogP contribution in [-0.2, 0) is 16.1 Å². The van der Waals surface area contributed by atoms with Gasteiger partial charge in [-0.1, -0.05) is 53.5 Å². The Morgan fingerprint density at radius 2 is 1.76 bits per heavy atom. The summed E-state index contributed by atoms with van der Waals surface area (Å²) in [6, 6.07) is 21.8. The number of amides is 2. The number of para-hydroxylation sites is 1. The average Bonchev–Trinajstić information content (AvgIpc) is 3.07. The number of carbonyl (C=O) groups is 2. The first-order chi connectivity index (χ1) is 16.0. The molecule has 1 N–H and O–H groups in total. The summed E-state index contributed by atoms with van der Waals surface area (Å²) in [5, 5.41) is 4.71. The number of halogens is 2. The van der Waals surface area contributed by atoms with Crippen LogP contribution in [0.1, 0.15) is 11.1 Å². The molecule has 0 atom stereocenters. The Morgan fingerprint density at radius 1 is 0.970 bits per heavy atom. The number of pyridine rings is 1. The minimum atomic E-state index is -0.394. The first-order valence-electron chi connectivity index (χ1n) is 10.2. The van der Waals surface area contributed by atoms with E-state index in [9.17, 15) is 9.59 Å². The van der Waals surface area contributed by atoms with Crippen LogP contribution in [0.5, 0.6) is 0 Å². The van der Waals surface area contributed by atoms with Gasteiger partial charge in [0.1, 0.15) is 0 Å². The highest BCUT2D eigenvalue weighted by molar-refractivity contribution is 6.37. The lowest BCUT2D eigenvalue weighted by Crippen LogP contribution is -2.26. The number of hydrogen-bond acceptors (Lipinski definition) is 3. The molecule has 33 heavy (non-hydrogen) atoms. The Balaban J connectivity index is 1.45. The summed E-state index contributed by atoms with van der Waals surface area (Å²) in [6.45, 7) is 0.199. The number of benzene rings is 3. The zero-order valence-electron chi connectivity index (χ0n) is 17.3. The van der Waals surface area contributed by atoms with E-state index in [2.05, 4.69) is 10.3 Å². The first-order valence-corrected chi connectivity index (χ1v) is 11.0. The van der Waals surface area contributed by atoms with E-state index in [0.29, 0.717) is 38.1 Å². The van der Waals surface area contributed by atoms with Crippen LogP contribution in [0, 0.1) is 0 Å². The maximum Gasteiger partial charge on any atom is 0.259 e. The van der Waals surface area contributed by atoms with Gasteiger partial charge in [-0.15, -0.1) is 0 Å². The summed E-state index contributed by atoms with van der Waals surface area (Å²) in [7, 11) is 0. The van der Waals surface area contributed by atoms with Crippen LogP contribution in [0.15, 0.2) is 85.1 Å². The second-order valence-electron chi connectivity index (χ2n) is 7.57. The van der Waals surface area contributed by atoms with E-state index in [0.717, 1.165) is 10.9 Å². The maximum atomic E-state index is 13.3. The number of fused-ring (bicyclic) bond motifs is 2. The van der Waals surface area contributed by atoms with E-state index < -0.39 is 5.91 Å². The number of anilines is 2. The summed E-state index contributed by atoms with van der Waals surface area (Å²) in [4.78, 5) is 32.0. The summed E-state index contributed by atoms with van der Waals surface area (Å²) >= 11 is 12.7. The average molecular weight is 474 g/mol. The van der Waals surface area contributed by atoms with E-state index in [1.54, 1.807) is 35.4 Å². The van der Waals surface area contributed by atoms with Crippen molar-refractivity contribution in [3.8, 4) is 0 Å². The largest absolute Gasteiger partial charge is 0.322 e. The van der Waals surface area contributed by atoms with Crippen molar-refractivity contribution in [3.63, 3.8) is 0 Å². The molecule has 0 bridgehead atoms. The molecule has 0 fully saturated rings. The molecular formula is C26H17Cl2N3O2. The molecule has 0 spiro atoms. The SMILES string of the molecule is O=C(/C=C1/C(=O)N(Cc2c(Cl)cccc2Cl)c2ccccc21)Nc1ccc2ncccc2c1. The van der Waals surface area contributed by atoms with Crippen molar-refractivity contribution < 1.29 is 9.59 Å². The second-order valence-corrected chi connectivity index (χ2v) is 8.38. The number of aromatic nitrogens is 1. The van der Waals surface area contributed by atoms with Gasteiger partial charge in [0.2, 0.25) is 5.91 Å². The first kappa shape index (κ1) is 21.2. The van der Waals surface area contributed by atoms with Crippen molar-refractivity contribution in [1.82, 2.24) is 4.98 Å². The highest BCUT2D eigenvalue weighted by atomic mass is 35.5. The molecule has 1 aliphatic rings. The molecule has 0 saturated heterocycles. The molecule has 1 aliphatic heterocycles. The van der Waals surface area contributed by atoms with Crippen LogP contribution in [-0.4, -0.2) is 16.8 Å². The molecule has 0 unspecified atom stereocenters. The molecule has 4 aromatic rings. The van der Waals surface area contributed by atoms with Crippen LogP contribution in [0.4, 0.5) is 11.4 Å². The molecule has 2 amide bonds. The van der Waals surface area contributed by atoms with Gasteiger partial charge < -0.3 is 10.2 Å². The molecule has 162 valence electrons. The van der Waals surface area contributed by atoms with Gasteiger partial charge in [0, 0.05) is 44.5 Å². The fourth-order valence-electron chi connectivity index (χ4n) is 3.91. The normalized spacial score (nSPS) is 14.1. The fourth-order valence-corrected chi connectivity index (χ4v) is 4.42. The molecule has 0 saturated carbocycles. The molecule has 5 nitrogen and oxygen atoms in total. The predicted molar refractivity (Wildman–Crippen MR) is 132 cm³/mol. The Morgan fingerprint density at radius 3 is 2.58 bits per heavy atom. The number of carbonyl (C=O) groups excluding carboxylic acids is 2. The standard InChI is InChI=1S/C26H17Cl2N3O2/c27-21-7-3-8-22(28)20(21)15-31-24-9-2-1-6-18(24)19(26(31)33)14-25(32)30-17-10-11-23-16(13-17)5-4-12-29-23/h1-14H,15H2,(H,30,32)/b19-14+. The topological polar surface area (TPSA) is 62.3 Å². The molecule has 5 rings (SSSR count). The highest BCUT2D eigenvalue weighted by Crippen LogP contribution is 2.39. The number of rotatable bonds is 4. The van der Waals surface area contributed by atoms with E-state index in [1.165, 1.54) is 6.08 Å². The van der Waals surface area contributed by atoms with Gasteiger partial charge in [-0.3, -0.25) is 14.6 Å². The van der Waals surface area contributed by atoms with Crippen LogP contribution in [0.3, 0.4) is 0 Å². The third kappa shape index (κ3) is 4.09. The predicted octanol–water partition coefficient (Wildman–Crippen LogP) is 6.11. The minimum absolute atomic E-state index is 0.199. The van der Waals surface area contributed by atoms with E-state index in [1.807, 2.05) is 48.5 Å². The van der Waals surface area contributed by atoms with Gasteiger partial charge in [0.15, 0.2) is 0 Å². The number of nitrogens with one attached hydrogen (secondary N) is 1. The van der Waals surface area contributed by atoms with E-state index in [4.69, 9.17) is 23.2 Å². The number of nitrogens with zero attached hydrogens (tertiary/aromatic N) is 2. The van der Waals surface area contributed by atoms with Crippen molar-refractivity contribution in [2.24, 2.45) is 0 Å². The monoisotopic (exact) mass is 473 g/mol. The summed E-state index contributed by atoms with van der Waals surface area (Å²) in [5.74, 6) is -0.681. The Bertz CT molecular complexity index is 1430. The van der Waals surface area contributed by atoms with Crippen molar-refractivity contribution in [3.05, 3.63) is 106 Å². The Hall–Kier alpha value is -3.67. The Kier molecular flexibility index (Phi) is 5.58. The zero-order valence-corrected chi connectivity index (χ0v) is 18.8. The van der Waals surface area contributed by atoms with Crippen LogP contribution in [0.2, 0.25) is 10.0 Å². The molecule has 1 aromatic heterocycles. The second kappa shape index (κ2) is 8.70. The third-order valence-electron chi connectivity index (χ3n) is 5.48. The Labute approximate surface area is 200 Å². The van der Waals surface area contributed by atoms with Gasteiger partial charge in [0.05, 0.1) is 23.3 Å². The van der Waals surface area contributed by atoms with Crippen molar-refractivity contribution in [2.75, 3.05) is 10.2 Å². The maximum absolute atomic E-state index is 13.3. The lowest BCUT2D eigenvalue weighted by molar-refractivity contribution is -0.114. The van der Waals surface area contributed by atoms with Gasteiger partial charge in [0.25, 0.3) is 5.91 Å². The zero-order chi connectivity index (χ0) is 22.9. The smallest absolute Gasteiger partial charge is 0.259 e. The third-order valence-corrected chi connectivity index (χ3v) is 6.19. The number of hydrogen-bond donors (Lipinski definition) is 1. The van der Waals surface area contributed by atoms with Gasteiger partial charge >= 0.3 is 0 Å².